The summed E-state index contributed by atoms with van der Waals surface area (Å²) in [5.41, 5.74) is 0.277. The van der Waals surface area contributed by atoms with E-state index in [2.05, 4.69) is 34.5 Å². The van der Waals surface area contributed by atoms with Gasteiger partial charge in [0.25, 0.3) is 0 Å². The first kappa shape index (κ1) is 17.9. The molecule has 0 unspecified atom stereocenters. The lowest BCUT2D eigenvalue weighted by molar-refractivity contribution is -0.135. The van der Waals surface area contributed by atoms with E-state index < -0.39 is 5.41 Å². The molecular weight excluding hydrogens is 306 g/mol. The van der Waals surface area contributed by atoms with Gasteiger partial charge in [-0.2, -0.15) is 5.21 Å². The van der Waals surface area contributed by atoms with E-state index in [0.717, 1.165) is 11.3 Å². The van der Waals surface area contributed by atoms with Crippen LogP contribution in [0.3, 0.4) is 0 Å². The highest BCUT2D eigenvalue weighted by Gasteiger charge is 2.32. The highest BCUT2D eigenvalue weighted by molar-refractivity contribution is 5.87. The number of hydrogen-bond donors (Lipinski definition) is 1. The quantitative estimate of drug-likeness (QED) is 0.840. The summed E-state index contributed by atoms with van der Waals surface area (Å²) in [6.45, 7) is 9.02. The summed E-state index contributed by atoms with van der Waals surface area (Å²) in [5, 5.41) is 13.7. The highest BCUT2D eigenvalue weighted by Crippen LogP contribution is 2.27. The van der Waals surface area contributed by atoms with Gasteiger partial charge in [0.2, 0.25) is 5.91 Å². The van der Waals surface area contributed by atoms with Crippen molar-refractivity contribution in [2.24, 2.45) is 5.92 Å². The third-order valence-corrected chi connectivity index (χ3v) is 3.81. The number of tetrazole rings is 1. The second-order valence-electron chi connectivity index (χ2n) is 6.84. The molecule has 1 aromatic heterocycles. The number of benzene rings is 1. The average molecular weight is 331 g/mol. The lowest BCUT2D eigenvalue weighted by atomic mass is 9.83. The van der Waals surface area contributed by atoms with Gasteiger partial charge in [0.1, 0.15) is 5.75 Å². The van der Waals surface area contributed by atoms with Gasteiger partial charge in [-0.15, -0.1) is 10.2 Å². The van der Waals surface area contributed by atoms with Gasteiger partial charge in [0.15, 0.2) is 5.82 Å². The molecule has 0 saturated heterocycles. The number of H-pyrrole nitrogens is 1. The topological polar surface area (TPSA) is 84.0 Å². The van der Waals surface area contributed by atoms with Gasteiger partial charge >= 0.3 is 0 Å². The lowest BCUT2D eigenvalue weighted by Crippen LogP contribution is -2.41. The third-order valence-electron chi connectivity index (χ3n) is 3.81. The minimum Gasteiger partial charge on any atom is -0.493 e. The summed E-state index contributed by atoms with van der Waals surface area (Å²) in [6.07, 6.45) is 0. The molecule has 0 aliphatic rings. The van der Waals surface area contributed by atoms with Gasteiger partial charge in [-0.05, 0) is 37.5 Å². The van der Waals surface area contributed by atoms with Gasteiger partial charge in [-0.1, -0.05) is 31.2 Å². The molecule has 0 fully saturated rings. The zero-order valence-corrected chi connectivity index (χ0v) is 14.9. The molecule has 0 atom stereocenters. The fourth-order valence-corrected chi connectivity index (χ4v) is 2.36. The van der Waals surface area contributed by atoms with Crippen LogP contribution >= 0.6 is 0 Å². The molecule has 7 heteroatoms. The number of amides is 1. The fourth-order valence-electron chi connectivity index (χ4n) is 2.36. The number of likely N-dealkylation sites (N-methyl/N-ethyl adjacent to an activating group) is 1. The number of ether oxygens (including phenoxy) is 1. The molecule has 2 aromatic rings. The van der Waals surface area contributed by atoms with Crippen LogP contribution in [-0.2, 0) is 16.8 Å². The summed E-state index contributed by atoms with van der Waals surface area (Å²) in [7, 11) is 1.74. The van der Waals surface area contributed by atoms with E-state index in [1.54, 1.807) is 11.9 Å². The Kier molecular flexibility index (Phi) is 5.54. The van der Waals surface area contributed by atoms with Crippen molar-refractivity contribution in [3.63, 3.8) is 0 Å². The highest BCUT2D eigenvalue weighted by atomic mass is 16.5. The van der Waals surface area contributed by atoms with Crippen molar-refractivity contribution in [1.82, 2.24) is 25.5 Å². The Hall–Kier alpha value is -2.44. The van der Waals surface area contributed by atoms with Gasteiger partial charge in [0.05, 0.1) is 18.6 Å². The van der Waals surface area contributed by atoms with Crippen molar-refractivity contribution in [3.8, 4) is 5.75 Å². The normalized spacial score (nSPS) is 11.6. The van der Waals surface area contributed by atoms with E-state index >= 15 is 0 Å². The van der Waals surface area contributed by atoms with Crippen LogP contribution in [0.25, 0.3) is 0 Å². The predicted molar refractivity (Wildman–Crippen MR) is 90.5 cm³/mol. The number of carbonyl (C=O) groups is 1. The Morgan fingerprint density at radius 2 is 1.96 bits per heavy atom. The summed E-state index contributed by atoms with van der Waals surface area (Å²) in [6, 6.07) is 7.70. The lowest BCUT2D eigenvalue weighted by Gasteiger charge is -2.29. The van der Waals surface area contributed by atoms with E-state index in [0.29, 0.717) is 24.9 Å². The minimum absolute atomic E-state index is 0.0110. The van der Waals surface area contributed by atoms with Gasteiger partial charge in [0, 0.05) is 7.05 Å². The standard InChI is InChI=1S/C17H25N5O2/c1-12(2)11-24-14-8-6-13(7-9-14)17(3,4)16(23)22(5)10-15-18-20-21-19-15/h6-9,12H,10-11H2,1-5H3,(H,18,19,20,21). The molecule has 1 amide bonds. The van der Waals surface area contributed by atoms with E-state index in [1.165, 1.54) is 0 Å². The monoisotopic (exact) mass is 331 g/mol. The van der Waals surface area contributed by atoms with Crippen LogP contribution in [0, 0.1) is 5.92 Å². The van der Waals surface area contributed by atoms with Crippen LogP contribution in [0.5, 0.6) is 5.75 Å². The molecule has 1 aromatic carbocycles. The molecule has 7 nitrogen and oxygen atoms in total. The van der Waals surface area contributed by atoms with Crippen molar-refractivity contribution >= 4 is 5.91 Å². The molecule has 1 heterocycles. The summed E-state index contributed by atoms with van der Waals surface area (Å²) in [5.74, 6) is 1.76. The molecule has 0 spiro atoms. The second-order valence-corrected chi connectivity index (χ2v) is 6.84. The molecule has 2 rings (SSSR count). The molecule has 24 heavy (non-hydrogen) atoms. The Morgan fingerprint density at radius 1 is 1.29 bits per heavy atom. The van der Waals surface area contributed by atoms with Crippen LogP contribution < -0.4 is 4.74 Å². The first-order valence-corrected chi connectivity index (χ1v) is 8.02. The van der Waals surface area contributed by atoms with Crippen molar-refractivity contribution in [2.75, 3.05) is 13.7 Å². The number of aromatic nitrogens is 4. The summed E-state index contributed by atoms with van der Waals surface area (Å²) < 4.78 is 5.69. The Labute approximate surface area is 142 Å². The fraction of sp³-hybridized carbons (Fsp3) is 0.529. The molecule has 0 saturated carbocycles. The number of hydrogen-bond acceptors (Lipinski definition) is 5. The first-order chi connectivity index (χ1) is 11.3. The molecule has 0 bridgehead atoms. The molecule has 0 radical (unpaired) electrons. The van der Waals surface area contributed by atoms with Gasteiger partial charge in [-0.3, -0.25) is 4.79 Å². The largest absolute Gasteiger partial charge is 0.493 e. The van der Waals surface area contributed by atoms with E-state index in [-0.39, 0.29) is 5.91 Å². The Bertz CT molecular complexity index is 650. The average Bonchev–Trinajstić information content (AvgIpc) is 3.05. The van der Waals surface area contributed by atoms with Crippen LogP contribution in [0.15, 0.2) is 24.3 Å². The molecule has 1 N–H and O–H groups in total. The summed E-state index contributed by atoms with van der Waals surface area (Å²) >= 11 is 0. The van der Waals surface area contributed by atoms with E-state index in [9.17, 15) is 4.79 Å². The predicted octanol–water partition coefficient (Wildman–Crippen LogP) is 2.17. The maximum atomic E-state index is 12.8. The Balaban J connectivity index is 2.06. The number of carbonyl (C=O) groups excluding carboxylic acids is 1. The molecular formula is C17H25N5O2. The molecule has 0 aliphatic heterocycles. The first-order valence-electron chi connectivity index (χ1n) is 8.02. The maximum Gasteiger partial charge on any atom is 0.232 e. The van der Waals surface area contributed by atoms with Crippen molar-refractivity contribution in [1.29, 1.82) is 0 Å². The minimum atomic E-state index is -0.658. The zero-order chi connectivity index (χ0) is 17.7. The van der Waals surface area contributed by atoms with Crippen LogP contribution in [0.2, 0.25) is 0 Å². The van der Waals surface area contributed by atoms with E-state index in [4.69, 9.17) is 4.74 Å². The smallest absolute Gasteiger partial charge is 0.232 e. The third kappa shape index (κ3) is 4.31. The molecule has 0 aliphatic carbocycles. The van der Waals surface area contributed by atoms with Crippen LogP contribution in [-0.4, -0.2) is 45.1 Å². The number of aromatic amines is 1. The number of nitrogens with one attached hydrogen (secondary N) is 1. The van der Waals surface area contributed by atoms with Crippen molar-refractivity contribution in [2.45, 2.75) is 39.7 Å². The van der Waals surface area contributed by atoms with Gasteiger partial charge in [-0.25, -0.2) is 0 Å². The second kappa shape index (κ2) is 7.42. The maximum absolute atomic E-state index is 12.8. The Morgan fingerprint density at radius 3 is 2.50 bits per heavy atom. The SMILES string of the molecule is CC(C)COc1ccc(C(C)(C)C(=O)N(C)Cc2nn[nH]n2)cc1. The zero-order valence-electron chi connectivity index (χ0n) is 14.9. The van der Waals surface area contributed by atoms with Gasteiger partial charge < -0.3 is 9.64 Å². The van der Waals surface area contributed by atoms with Crippen LogP contribution in [0.1, 0.15) is 39.1 Å². The van der Waals surface area contributed by atoms with Crippen LogP contribution in [0.4, 0.5) is 0 Å². The number of rotatable bonds is 7. The number of nitrogens with zero attached hydrogens (tertiary/aromatic N) is 4. The van der Waals surface area contributed by atoms with E-state index in [1.807, 2.05) is 38.1 Å². The van der Waals surface area contributed by atoms with Crippen molar-refractivity contribution < 1.29 is 9.53 Å². The summed E-state index contributed by atoms with van der Waals surface area (Å²) in [4.78, 5) is 14.4. The molecule has 130 valence electrons. The van der Waals surface area contributed by atoms with Crippen molar-refractivity contribution in [3.05, 3.63) is 35.7 Å².